The summed E-state index contributed by atoms with van der Waals surface area (Å²) in [5.41, 5.74) is 0. The molecule has 0 radical (unpaired) electrons. The Kier molecular flexibility index (Phi) is 66.1. The summed E-state index contributed by atoms with van der Waals surface area (Å²) in [6.45, 7) is 6.70. The van der Waals surface area contributed by atoms with Gasteiger partial charge in [-0.1, -0.05) is 333 Å². The predicted octanol–water partition coefficient (Wildman–Crippen LogP) is 24.3. The fraction of sp³-hybridized carbons (Fsp3) is 0.877. The standard InChI is InChI=1S/C73H136O6/c1-4-7-10-13-16-19-22-25-28-31-34-35-36-37-38-39-40-43-45-48-51-54-57-60-63-66-72(75)78-69-70(79-73(76)67-64-61-58-55-52-49-46-42-33-30-27-24-21-18-15-12-9-6-3)68-77-71(74)65-62-59-56-53-50-47-44-41-32-29-26-23-20-17-14-11-8-5-2/h21,24,30-31,33-34,70H,4-20,22-23,25-29,32,35-69H2,1-3H3/b24-21-,33-30-,34-31-. The van der Waals surface area contributed by atoms with Gasteiger partial charge < -0.3 is 14.2 Å². The smallest absolute Gasteiger partial charge is 0.306 e. The summed E-state index contributed by atoms with van der Waals surface area (Å²) in [5.74, 6) is -0.848. The average molecular weight is 1110 g/mol. The quantitative estimate of drug-likeness (QED) is 0.0261. The largest absolute Gasteiger partial charge is 0.462 e. The summed E-state index contributed by atoms with van der Waals surface area (Å²) in [7, 11) is 0. The van der Waals surface area contributed by atoms with Gasteiger partial charge in [0, 0.05) is 19.3 Å². The molecule has 0 N–H and O–H groups in total. The van der Waals surface area contributed by atoms with Crippen LogP contribution >= 0.6 is 0 Å². The van der Waals surface area contributed by atoms with Gasteiger partial charge in [-0.2, -0.15) is 0 Å². The number of rotatable bonds is 66. The number of hydrogen-bond donors (Lipinski definition) is 0. The zero-order valence-electron chi connectivity index (χ0n) is 53.4. The topological polar surface area (TPSA) is 78.9 Å². The minimum Gasteiger partial charge on any atom is -0.462 e. The molecule has 1 unspecified atom stereocenters. The van der Waals surface area contributed by atoms with Crippen LogP contribution in [0.5, 0.6) is 0 Å². The molecule has 0 aromatic heterocycles. The van der Waals surface area contributed by atoms with Gasteiger partial charge in [-0.15, -0.1) is 0 Å². The molecular formula is C73H136O6. The fourth-order valence-corrected chi connectivity index (χ4v) is 10.8. The van der Waals surface area contributed by atoms with E-state index in [0.717, 1.165) is 70.6 Å². The first kappa shape index (κ1) is 76.6. The molecule has 0 aliphatic carbocycles. The lowest BCUT2D eigenvalue weighted by molar-refractivity contribution is -0.167. The zero-order chi connectivity index (χ0) is 57.1. The monoisotopic (exact) mass is 1110 g/mol. The minimum atomic E-state index is -0.775. The van der Waals surface area contributed by atoms with Crippen LogP contribution in [0.2, 0.25) is 0 Å². The van der Waals surface area contributed by atoms with Crippen molar-refractivity contribution in [2.24, 2.45) is 0 Å². The van der Waals surface area contributed by atoms with Crippen molar-refractivity contribution in [3.63, 3.8) is 0 Å². The fourth-order valence-electron chi connectivity index (χ4n) is 10.8. The molecule has 0 heterocycles. The van der Waals surface area contributed by atoms with Crippen molar-refractivity contribution in [3.8, 4) is 0 Å². The van der Waals surface area contributed by atoms with Crippen molar-refractivity contribution < 1.29 is 28.6 Å². The SMILES string of the molecule is CCCCCC/C=C\C/C=C\CCCCCCCCCC(=O)OC(COC(=O)CCCCCCCCCCCCCCC/C=C\CCCCCCCCCC)COC(=O)CCCCCCCCCCCCCCCCCCCC. The molecule has 0 fully saturated rings. The van der Waals surface area contributed by atoms with Gasteiger partial charge in [0.25, 0.3) is 0 Å². The van der Waals surface area contributed by atoms with E-state index in [1.807, 2.05) is 0 Å². The van der Waals surface area contributed by atoms with Crippen molar-refractivity contribution in [2.45, 2.75) is 399 Å². The van der Waals surface area contributed by atoms with Crippen LogP contribution < -0.4 is 0 Å². The van der Waals surface area contributed by atoms with Gasteiger partial charge in [-0.3, -0.25) is 14.4 Å². The summed E-state index contributed by atoms with van der Waals surface area (Å²) < 4.78 is 17.0. The molecule has 0 saturated carbocycles. The summed E-state index contributed by atoms with van der Waals surface area (Å²) >= 11 is 0. The number of carbonyl (C=O) groups excluding carboxylic acids is 3. The van der Waals surface area contributed by atoms with Crippen molar-refractivity contribution in [1.29, 1.82) is 0 Å². The van der Waals surface area contributed by atoms with Gasteiger partial charge in [0.05, 0.1) is 0 Å². The lowest BCUT2D eigenvalue weighted by Gasteiger charge is -2.18. The predicted molar refractivity (Wildman–Crippen MR) is 344 cm³/mol. The van der Waals surface area contributed by atoms with Crippen molar-refractivity contribution in [3.05, 3.63) is 36.5 Å². The Morgan fingerprint density at radius 2 is 0.456 bits per heavy atom. The molecule has 0 aliphatic rings. The molecule has 6 nitrogen and oxygen atoms in total. The van der Waals surface area contributed by atoms with Crippen molar-refractivity contribution >= 4 is 17.9 Å². The highest BCUT2D eigenvalue weighted by Crippen LogP contribution is 2.18. The molecule has 0 spiro atoms. The van der Waals surface area contributed by atoms with Crippen LogP contribution in [-0.2, 0) is 28.6 Å². The Hall–Kier alpha value is -2.37. The molecule has 0 rings (SSSR count). The maximum Gasteiger partial charge on any atom is 0.306 e. The Morgan fingerprint density at radius 1 is 0.253 bits per heavy atom. The summed E-state index contributed by atoms with van der Waals surface area (Å²) in [4.78, 5) is 38.5. The maximum atomic E-state index is 12.9. The van der Waals surface area contributed by atoms with Gasteiger partial charge >= 0.3 is 17.9 Å². The van der Waals surface area contributed by atoms with E-state index >= 15 is 0 Å². The lowest BCUT2D eigenvalue weighted by atomic mass is 10.0. The normalized spacial score (nSPS) is 12.2. The van der Waals surface area contributed by atoms with Crippen LogP contribution in [0, 0.1) is 0 Å². The Balaban J connectivity index is 4.29. The number of esters is 3. The number of allylic oxidation sites excluding steroid dienone is 6. The summed E-state index contributed by atoms with van der Waals surface area (Å²) in [6.07, 6.45) is 84.5. The van der Waals surface area contributed by atoms with Gasteiger partial charge in [-0.05, 0) is 77.0 Å². The molecule has 464 valence electrons. The Bertz CT molecular complexity index is 1320. The molecule has 0 saturated heterocycles. The highest BCUT2D eigenvalue weighted by Gasteiger charge is 2.19. The molecular weight excluding hydrogens is 973 g/mol. The van der Waals surface area contributed by atoms with Crippen LogP contribution in [0.3, 0.4) is 0 Å². The second-order valence-electron chi connectivity index (χ2n) is 24.1. The minimum absolute atomic E-state index is 0.0702. The Morgan fingerprint density at radius 3 is 0.722 bits per heavy atom. The maximum absolute atomic E-state index is 12.9. The molecule has 0 aromatic carbocycles. The van der Waals surface area contributed by atoms with E-state index < -0.39 is 6.10 Å². The number of carbonyl (C=O) groups is 3. The molecule has 0 bridgehead atoms. The van der Waals surface area contributed by atoms with Crippen molar-refractivity contribution in [1.82, 2.24) is 0 Å². The van der Waals surface area contributed by atoms with Gasteiger partial charge in [-0.25, -0.2) is 0 Å². The third kappa shape index (κ3) is 66.3. The van der Waals surface area contributed by atoms with Gasteiger partial charge in [0.2, 0.25) is 0 Å². The second-order valence-corrected chi connectivity index (χ2v) is 24.1. The van der Waals surface area contributed by atoms with E-state index in [1.54, 1.807) is 0 Å². The van der Waals surface area contributed by atoms with E-state index in [-0.39, 0.29) is 31.1 Å². The third-order valence-electron chi connectivity index (χ3n) is 16.1. The average Bonchev–Trinajstić information content (AvgIpc) is 3.45. The molecule has 0 amide bonds. The van der Waals surface area contributed by atoms with E-state index in [9.17, 15) is 14.4 Å². The van der Waals surface area contributed by atoms with Gasteiger partial charge in [0.1, 0.15) is 13.2 Å². The first-order valence-corrected chi connectivity index (χ1v) is 35.5. The highest BCUT2D eigenvalue weighted by molar-refractivity contribution is 5.71. The molecule has 1 atom stereocenters. The van der Waals surface area contributed by atoms with Crippen LogP contribution in [0.1, 0.15) is 393 Å². The highest BCUT2D eigenvalue weighted by atomic mass is 16.6. The van der Waals surface area contributed by atoms with E-state index in [1.165, 1.54) is 283 Å². The Labute approximate surface area is 493 Å². The summed E-state index contributed by atoms with van der Waals surface area (Å²) in [6, 6.07) is 0. The van der Waals surface area contributed by atoms with Crippen LogP contribution in [0.15, 0.2) is 36.5 Å². The molecule has 6 heteroatoms. The first-order chi connectivity index (χ1) is 39.0. The van der Waals surface area contributed by atoms with Crippen molar-refractivity contribution in [2.75, 3.05) is 13.2 Å². The molecule has 79 heavy (non-hydrogen) atoms. The number of ether oxygens (including phenoxy) is 3. The third-order valence-corrected chi connectivity index (χ3v) is 16.1. The lowest BCUT2D eigenvalue weighted by Crippen LogP contribution is -2.30. The van der Waals surface area contributed by atoms with Gasteiger partial charge in [0.15, 0.2) is 6.10 Å². The molecule has 0 aliphatic heterocycles. The zero-order valence-corrected chi connectivity index (χ0v) is 53.4. The molecule has 0 aromatic rings. The van der Waals surface area contributed by atoms with Crippen LogP contribution in [-0.4, -0.2) is 37.2 Å². The first-order valence-electron chi connectivity index (χ1n) is 35.5. The second kappa shape index (κ2) is 68.1. The van der Waals surface area contributed by atoms with Crippen LogP contribution in [0.4, 0.5) is 0 Å². The van der Waals surface area contributed by atoms with E-state index in [0.29, 0.717) is 19.3 Å². The van der Waals surface area contributed by atoms with E-state index in [2.05, 4.69) is 57.2 Å². The summed E-state index contributed by atoms with van der Waals surface area (Å²) in [5, 5.41) is 0. The van der Waals surface area contributed by atoms with Crippen LogP contribution in [0.25, 0.3) is 0 Å². The van der Waals surface area contributed by atoms with E-state index in [4.69, 9.17) is 14.2 Å². The number of unbranched alkanes of at least 4 members (excludes halogenated alkanes) is 49. The number of hydrogen-bond acceptors (Lipinski definition) is 6.